The molecule has 0 aliphatic carbocycles. The first-order chi connectivity index (χ1) is 12.1. The maximum atomic E-state index is 12.5. The first-order valence-electron chi connectivity index (χ1n) is 9.42. The van der Waals surface area contributed by atoms with Gasteiger partial charge in [0.05, 0.1) is 0 Å². The number of benzene rings is 1. The molecule has 1 aliphatic heterocycles. The SMILES string of the molecule is CCCN(CCCCC(=O)O)C1CCN(C(=O)c2ccccc2)CC1.Cl. The summed E-state index contributed by atoms with van der Waals surface area (Å²) in [6.45, 7) is 5.78. The van der Waals surface area contributed by atoms with Gasteiger partial charge >= 0.3 is 5.97 Å². The van der Waals surface area contributed by atoms with E-state index < -0.39 is 5.97 Å². The van der Waals surface area contributed by atoms with Gasteiger partial charge in [0.25, 0.3) is 5.91 Å². The van der Waals surface area contributed by atoms with Crippen LogP contribution in [0.3, 0.4) is 0 Å². The topological polar surface area (TPSA) is 60.9 Å². The quantitative estimate of drug-likeness (QED) is 0.662. The molecular weight excluding hydrogens is 352 g/mol. The molecule has 26 heavy (non-hydrogen) atoms. The normalized spacial score (nSPS) is 14.9. The number of amides is 1. The number of halogens is 1. The van der Waals surface area contributed by atoms with E-state index >= 15 is 0 Å². The van der Waals surface area contributed by atoms with Crippen LogP contribution in [0.5, 0.6) is 0 Å². The van der Waals surface area contributed by atoms with Gasteiger partial charge in [-0.1, -0.05) is 25.1 Å². The van der Waals surface area contributed by atoms with Crippen LogP contribution in [-0.4, -0.2) is 59.0 Å². The molecule has 0 bridgehead atoms. The summed E-state index contributed by atoms with van der Waals surface area (Å²) >= 11 is 0. The van der Waals surface area contributed by atoms with Gasteiger partial charge in [0.1, 0.15) is 0 Å². The van der Waals surface area contributed by atoms with Crippen molar-refractivity contribution < 1.29 is 14.7 Å². The Kier molecular flexibility index (Phi) is 10.3. The van der Waals surface area contributed by atoms with Crippen molar-refractivity contribution in [2.24, 2.45) is 0 Å². The predicted molar refractivity (Wildman–Crippen MR) is 106 cm³/mol. The number of rotatable bonds is 9. The highest BCUT2D eigenvalue weighted by Crippen LogP contribution is 2.19. The highest BCUT2D eigenvalue weighted by Gasteiger charge is 2.26. The number of aliphatic carboxylic acids is 1. The molecule has 146 valence electrons. The summed E-state index contributed by atoms with van der Waals surface area (Å²) in [6.07, 6.45) is 5.01. The predicted octanol–water partition coefficient (Wildman–Crippen LogP) is 3.68. The lowest BCUT2D eigenvalue weighted by Crippen LogP contribution is -2.47. The van der Waals surface area contributed by atoms with Crippen LogP contribution in [0.1, 0.15) is 55.8 Å². The summed E-state index contributed by atoms with van der Waals surface area (Å²) in [5, 5.41) is 8.75. The molecule has 1 N–H and O–H groups in total. The van der Waals surface area contributed by atoms with Crippen molar-refractivity contribution >= 4 is 24.3 Å². The number of carboxylic acids is 1. The molecule has 0 radical (unpaired) electrons. The van der Waals surface area contributed by atoms with Crippen molar-refractivity contribution in [2.75, 3.05) is 26.2 Å². The molecule has 0 saturated carbocycles. The van der Waals surface area contributed by atoms with Crippen LogP contribution in [-0.2, 0) is 4.79 Å². The minimum absolute atomic E-state index is 0. The molecule has 2 rings (SSSR count). The Morgan fingerprint density at radius 2 is 1.77 bits per heavy atom. The Labute approximate surface area is 162 Å². The van der Waals surface area contributed by atoms with Gasteiger partial charge < -0.3 is 14.9 Å². The lowest BCUT2D eigenvalue weighted by molar-refractivity contribution is -0.137. The monoisotopic (exact) mass is 382 g/mol. The van der Waals surface area contributed by atoms with Crippen LogP contribution in [0, 0.1) is 0 Å². The third-order valence-corrected chi connectivity index (χ3v) is 4.89. The van der Waals surface area contributed by atoms with Crippen LogP contribution in [0.4, 0.5) is 0 Å². The van der Waals surface area contributed by atoms with Gasteiger partial charge in [0.2, 0.25) is 0 Å². The Morgan fingerprint density at radius 3 is 2.35 bits per heavy atom. The van der Waals surface area contributed by atoms with Gasteiger partial charge in [0.15, 0.2) is 0 Å². The largest absolute Gasteiger partial charge is 0.481 e. The Balaban J connectivity index is 0.00000338. The van der Waals surface area contributed by atoms with E-state index in [4.69, 9.17) is 5.11 Å². The van der Waals surface area contributed by atoms with Gasteiger partial charge in [-0.15, -0.1) is 12.4 Å². The molecule has 1 aromatic rings. The van der Waals surface area contributed by atoms with Crippen molar-refractivity contribution in [3.05, 3.63) is 35.9 Å². The second kappa shape index (κ2) is 11.9. The molecule has 0 atom stereocenters. The van der Waals surface area contributed by atoms with Crippen molar-refractivity contribution in [1.82, 2.24) is 9.80 Å². The molecule has 1 amide bonds. The average molecular weight is 383 g/mol. The fourth-order valence-corrected chi connectivity index (χ4v) is 3.55. The molecule has 1 heterocycles. The zero-order valence-corrected chi connectivity index (χ0v) is 16.4. The van der Waals surface area contributed by atoms with Gasteiger partial charge in [-0.3, -0.25) is 9.59 Å². The van der Waals surface area contributed by atoms with Crippen LogP contribution < -0.4 is 0 Å². The van der Waals surface area contributed by atoms with E-state index in [1.54, 1.807) is 0 Å². The molecule has 0 spiro atoms. The number of hydrogen-bond donors (Lipinski definition) is 1. The first kappa shape index (κ1) is 22.5. The van der Waals surface area contributed by atoms with E-state index in [2.05, 4.69) is 11.8 Å². The minimum atomic E-state index is -0.713. The van der Waals surface area contributed by atoms with E-state index in [0.717, 1.165) is 63.8 Å². The summed E-state index contributed by atoms with van der Waals surface area (Å²) in [5.74, 6) is -0.586. The number of piperidine rings is 1. The molecule has 5 nitrogen and oxygen atoms in total. The lowest BCUT2D eigenvalue weighted by atomic mass is 10.0. The fourth-order valence-electron chi connectivity index (χ4n) is 3.55. The van der Waals surface area contributed by atoms with Crippen LogP contribution in [0.15, 0.2) is 30.3 Å². The van der Waals surface area contributed by atoms with E-state index in [1.165, 1.54) is 0 Å². The lowest BCUT2D eigenvalue weighted by Gasteiger charge is -2.38. The van der Waals surface area contributed by atoms with Crippen LogP contribution in [0.25, 0.3) is 0 Å². The molecule has 1 fully saturated rings. The maximum Gasteiger partial charge on any atom is 0.303 e. The van der Waals surface area contributed by atoms with Gasteiger partial charge in [-0.2, -0.15) is 0 Å². The van der Waals surface area contributed by atoms with E-state index in [9.17, 15) is 9.59 Å². The van der Waals surface area contributed by atoms with Crippen molar-refractivity contribution in [1.29, 1.82) is 0 Å². The number of nitrogens with zero attached hydrogens (tertiary/aromatic N) is 2. The number of likely N-dealkylation sites (tertiary alicyclic amines) is 1. The summed E-state index contributed by atoms with van der Waals surface area (Å²) in [7, 11) is 0. The van der Waals surface area contributed by atoms with E-state index in [-0.39, 0.29) is 24.7 Å². The van der Waals surface area contributed by atoms with Gasteiger partial charge in [-0.05, 0) is 57.3 Å². The molecule has 6 heteroatoms. The average Bonchev–Trinajstić information content (AvgIpc) is 2.64. The Bertz CT molecular complexity index is 545. The molecule has 1 aromatic carbocycles. The standard InChI is InChI=1S/C20H30N2O3.ClH/c1-2-13-21(14-7-6-10-19(23)24)18-11-15-22(16-12-18)20(25)17-8-4-3-5-9-17;/h3-5,8-9,18H,2,6-7,10-16H2,1H3,(H,23,24);1H. The molecule has 1 saturated heterocycles. The summed E-state index contributed by atoms with van der Waals surface area (Å²) in [5.41, 5.74) is 0.764. The number of unbranched alkanes of at least 4 members (excludes halogenated alkanes) is 1. The third-order valence-electron chi connectivity index (χ3n) is 4.89. The van der Waals surface area contributed by atoms with Gasteiger partial charge in [0, 0.05) is 31.1 Å². The number of carbonyl (C=O) groups excluding carboxylic acids is 1. The second-order valence-electron chi connectivity index (χ2n) is 6.78. The highest BCUT2D eigenvalue weighted by atomic mass is 35.5. The summed E-state index contributed by atoms with van der Waals surface area (Å²) < 4.78 is 0. The van der Waals surface area contributed by atoms with E-state index in [1.807, 2.05) is 35.2 Å². The maximum absolute atomic E-state index is 12.5. The smallest absolute Gasteiger partial charge is 0.303 e. The van der Waals surface area contributed by atoms with Crippen LogP contribution >= 0.6 is 12.4 Å². The number of carbonyl (C=O) groups is 2. The molecule has 0 unspecified atom stereocenters. The highest BCUT2D eigenvalue weighted by molar-refractivity contribution is 5.94. The number of hydrogen-bond acceptors (Lipinski definition) is 3. The fraction of sp³-hybridized carbons (Fsp3) is 0.600. The number of carboxylic acid groups (broad SMARTS) is 1. The zero-order valence-electron chi connectivity index (χ0n) is 15.6. The van der Waals surface area contributed by atoms with Crippen molar-refractivity contribution in [2.45, 2.75) is 51.5 Å². The van der Waals surface area contributed by atoms with Crippen molar-refractivity contribution in [3.63, 3.8) is 0 Å². The third kappa shape index (κ3) is 6.96. The minimum Gasteiger partial charge on any atom is -0.481 e. The second-order valence-corrected chi connectivity index (χ2v) is 6.78. The first-order valence-corrected chi connectivity index (χ1v) is 9.42. The molecule has 0 aromatic heterocycles. The summed E-state index contributed by atoms with van der Waals surface area (Å²) in [6, 6.07) is 9.99. The van der Waals surface area contributed by atoms with Gasteiger partial charge in [-0.25, -0.2) is 0 Å². The Hall–Kier alpha value is -1.59. The Morgan fingerprint density at radius 1 is 1.12 bits per heavy atom. The van der Waals surface area contributed by atoms with E-state index in [0.29, 0.717) is 6.04 Å². The zero-order chi connectivity index (χ0) is 18.1. The molecule has 1 aliphatic rings. The molecular formula is C20H31ClN2O3. The summed E-state index contributed by atoms with van der Waals surface area (Å²) in [4.78, 5) is 27.6. The van der Waals surface area contributed by atoms with Crippen molar-refractivity contribution in [3.8, 4) is 0 Å². The van der Waals surface area contributed by atoms with Crippen LogP contribution in [0.2, 0.25) is 0 Å².